The second-order valence-electron chi connectivity index (χ2n) is 4.90. The van der Waals surface area contributed by atoms with Gasteiger partial charge in [0.15, 0.2) is 0 Å². The van der Waals surface area contributed by atoms with Crippen molar-refractivity contribution in [3.63, 3.8) is 0 Å². The minimum Gasteiger partial charge on any atom is -0.308 e. The van der Waals surface area contributed by atoms with Gasteiger partial charge in [0.25, 0.3) is 5.56 Å². The van der Waals surface area contributed by atoms with Crippen molar-refractivity contribution in [3.8, 4) is 0 Å². The number of halogens is 3. The first-order chi connectivity index (χ1) is 9.58. The molecule has 3 rings (SSSR count). The number of aromatic nitrogens is 1. The molecule has 1 aliphatic rings. The Morgan fingerprint density at radius 3 is 2.75 bits per heavy atom. The highest BCUT2D eigenvalue weighted by Crippen LogP contribution is 2.25. The molecule has 0 fully saturated rings. The standard InChI is InChI=1S/C15H12BrF2NO/c16-11-5-6-12(17)10(15(11)18)8-19-13-3-1-2-9(13)4-7-14(19)20/h4-7H,1-3,8H2. The van der Waals surface area contributed by atoms with E-state index < -0.39 is 11.6 Å². The molecule has 1 aromatic carbocycles. The van der Waals surface area contributed by atoms with Gasteiger partial charge in [0.05, 0.1) is 11.0 Å². The molecule has 0 atom stereocenters. The Morgan fingerprint density at radius 2 is 1.95 bits per heavy atom. The van der Waals surface area contributed by atoms with Gasteiger partial charge in [-0.2, -0.15) is 0 Å². The van der Waals surface area contributed by atoms with Gasteiger partial charge in [-0.25, -0.2) is 8.78 Å². The number of pyridine rings is 1. The number of benzene rings is 1. The van der Waals surface area contributed by atoms with Crippen LogP contribution in [0, 0.1) is 11.6 Å². The summed E-state index contributed by atoms with van der Waals surface area (Å²) in [4.78, 5) is 12.0. The van der Waals surface area contributed by atoms with Crippen LogP contribution >= 0.6 is 15.9 Å². The average Bonchev–Trinajstić information content (AvgIpc) is 2.90. The number of hydrogen-bond acceptors (Lipinski definition) is 1. The zero-order valence-electron chi connectivity index (χ0n) is 10.6. The molecule has 0 N–H and O–H groups in total. The van der Waals surface area contributed by atoms with Gasteiger partial charge in [0.1, 0.15) is 11.6 Å². The molecule has 0 saturated heterocycles. The van der Waals surface area contributed by atoms with Crippen molar-refractivity contribution in [1.82, 2.24) is 4.57 Å². The molecular weight excluding hydrogens is 328 g/mol. The van der Waals surface area contributed by atoms with E-state index in [9.17, 15) is 13.6 Å². The molecule has 0 radical (unpaired) electrons. The van der Waals surface area contributed by atoms with Crippen molar-refractivity contribution in [2.24, 2.45) is 0 Å². The molecule has 104 valence electrons. The molecular formula is C15H12BrF2NO. The lowest BCUT2D eigenvalue weighted by Crippen LogP contribution is -2.24. The van der Waals surface area contributed by atoms with Crippen LogP contribution < -0.4 is 5.56 Å². The molecule has 0 amide bonds. The Labute approximate surface area is 123 Å². The van der Waals surface area contributed by atoms with Gasteiger partial charge in [-0.05, 0) is 52.9 Å². The fourth-order valence-electron chi connectivity index (χ4n) is 2.68. The van der Waals surface area contributed by atoms with Gasteiger partial charge in [-0.1, -0.05) is 6.07 Å². The summed E-state index contributed by atoms with van der Waals surface area (Å²) in [5, 5.41) is 0. The predicted molar refractivity (Wildman–Crippen MR) is 75.9 cm³/mol. The Hall–Kier alpha value is -1.49. The third-order valence-electron chi connectivity index (χ3n) is 3.70. The summed E-state index contributed by atoms with van der Waals surface area (Å²) < 4.78 is 29.5. The molecule has 20 heavy (non-hydrogen) atoms. The lowest BCUT2D eigenvalue weighted by molar-refractivity contribution is 0.534. The van der Waals surface area contributed by atoms with Crippen molar-refractivity contribution in [2.45, 2.75) is 25.8 Å². The van der Waals surface area contributed by atoms with Crippen molar-refractivity contribution in [1.29, 1.82) is 0 Å². The van der Waals surface area contributed by atoms with Crippen LogP contribution in [0.5, 0.6) is 0 Å². The van der Waals surface area contributed by atoms with E-state index in [4.69, 9.17) is 0 Å². The quantitative estimate of drug-likeness (QED) is 0.768. The van der Waals surface area contributed by atoms with E-state index in [0.29, 0.717) is 0 Å². The van der Waals surface area contributed by atoms with E-state index in [1.807, 2.05) is 6.07 Å². The van der Waals surface area contributed by atoms with Crippen LogP contribution in [-0.4, -0.2) is 4.57 Å². The molecule has 5 heteroatoms. The summed E-state index contributed by atoms with van der Waals surface area (Å²) >= 11 is 3.05. The van der Waals surface area contributed by atoms with E-state index in [-0.39, 0.29) is 22.1 Å². The number of aryl methyl sites for hydroxylation is 1. The van der Waals surface area contributed by atoms with Gasteiger partial charge < -0.3 is 4.57 Å². The third-order valence-corrected chi connectivity index (χ3v) is 4.32. The summed E-state index contributed by atoms with van der Waals surface area (Å²) in [5.74, 6) is -1.28. The smallest absolute Gasteiger partial charge is 0.251 e. The first-order valence-electron chi connectivity index (χ1n) is 6.42. The monoisotopic (exact) mass is 339 g/mol. The first kappa shape index (κ1) is 13.5. The van der Waals surface area contributed by atoms with Gasteiger partial charge in [0.2, 0.25) is 0 Å². The fourth-order valence-corrected chi connectivity index (χ4v) is 3.05. The maximum Gasteiger partial charge on any atom is 0.251 e. The van der Waals surface area contributed by atoms with E-state index in [1.54, 1.807) is 0 Å². The van der Waals surface area contributed by atoms with Crippen LogP contribution in [0.3, 0.4) is 0 Å². The molecule has 1 heterocycles. The topological polar surface area (TPSA) is 22.0 Å². The third kappa shape index (κ3) is 2.20. The fraction of sp³-hybridized carbons (Fsp3) is 0.267. The first-order valence-corrected chi connectivity index (χ1v) is 7.21. The molecule has 0 bridgehead atoms. The molecule has 0 saturated carbocycles. The van der Waals surface area contributed by atoms with Gasteiger partial charge in [0, 0.05) is 17.3 Å². The van der Waals surface area contributed by atoms with Crippen molar-refractivity contribution in [2.75, 3.05) is 0 Å². The number of hydrogen-bond donors (Lipinski definition) is 0. The highest BCUT2D eigenvalue weighted by atomic mass is 79.9. The molecule has 0 aliphatic heterocycles. The summed E-state index contributed by atoms with van der Waals surface area (Å²) in [6.45, 7) is -0.0703. The number of nitrogens with zero attached hydrogens (tertiary/aromatic N) is 1. The average molecular weight is 340 g/mol. The Morgan fingerprint density at radius 1 is 1.15 bits per heavy atom. The molecule has 2 aromatic rings. The minimum absolute atomic E-state index is 0.0703. The van der Waals surface area contributed by atoms with Crippen LogP contribution in [0.25, 0.3) is 0 Å². The van der Waals surface area contributed by atoms with E-state index in [2.05, 4.69) is 15.9 Å². The van der Waals surface area contributed by atoms with Gasteiger partial charge in [-0.3, -0.25) is 4.79 Å². The zero-order valence-corrected chi connectivity index (χ0v) is 12.2. The lowest BCUT2D eigenvalue weighted by atomic mass is 10.1. The van der Waals surface area contributed by atoms with E-state index in [1.165, 1.54) is 22.8 Å². The highest BCUT2D eigenvalue weighted by molar-refractivity contribution is 9.10. The molecule has 2 nitrogen and oxygen atoms in total. The van der Waals surface area contributed by atoms with E-state index >= 15 is 0 Å². The van der Waals surface area contributed by atoms with Crippen LogP contribution in [0.15, 0.2) is 33.5 Å². The highest BCUT2D eigenvalue weighted by Gasteiger charge is 2.19. The normalized spacial score (nSPS) is 13.6. The summed E-state index contributed by atoms with van der Waals surface area (Å²) in [6.07, 6.45) is 2.67. The second-order valence-corrected chi connectivity index (χ2v) is 5.76. The Kier molecular flexibility index (Phi) is 3.46. The maximum atomic E-state index is 14.0. The van der Waals surface area contributed by atoms with Crippen molar-refractivity contribution < 1.29 is 8.78 Å². The Balaban J connectivity index is 2.12. The number of rotatable bonds is 2. The van der Waals surface area contributed by atoms with Crippen LogP contribution in [0.4, 0.5) is 8.78 Å². The summed E-state index contributed by atoms with van der Waals surface area (Å²) in [6, 6.07) is 5.82. The van der Waals surface area contributed by atoms with Crippen molar-refractivity contribution in [3.05, 3.63) is 67.5 Å². The largest absolute Gasteiger partial charge is 0.308 e. The summed E-state index contributed by atoms with van der Waals surface area (Å²) in [5.41, 5.74) is 1.70. The Bertz CT molecular complexity index is 739. The predicted octanol–water partition coefficient (Wildman–Crippen LogP) is 3.43. The van der Waals surface area contributed by atoms with Crippen LogP contribution in [0.2, 0.25) is 0 Å². The van der Waals surface area contributed by atoms with E-state index in [0.717, 1.165) is 30.5 Å². The molecule has 1 aliphatic carbocycles. The maximum absolute atomic E-state index is 14.0. The zero-order chi connectivity index (χ0) is 14.3. The minimum atomic E-state index is -0.646. The molecule has 1 aromatic heterocycles. The number of fused-ring (bicyclic) bond motifs is 1. The van der Waals surface area contributed by atoms with Crippen LogP contribution in [0.1, 0.15) is 23.2 Å². The molecule has 0 unspecified atom stereocenters. The second kappa shape index (κ2) is 5.13. The summed E-state index contributed by atoms with van der Waals surface area (Å²) in [7, 11) is 0. The van der Waals surface area contributed by atoms with Crippen molar-refractivity contribution >= 4 is 15.9 Å². The van der Waals surface area contributed by atoms with Gasteiger partial charge >= 0.3 is 0 Å². The SMILES string of the molecule is O=c1ccc2c(n1Cc1c(F)ccc(Br)c1F)CCC2. The molecule has 0 spiro atoms. The lowest BCUT2D eigenvalue weighted by Gasteiger charge is -2.13. The van der Waals surface area contributed by atoms with Crippen LogP contribution in [-0.2, 0) is 19.4 Å². The van der Waals surface area contributed by atoms with Gasteiger partial charge in [-0.15, -0.1) is 0 Å².